The Morgan fingerprint density at radius 2 is 1.85 bits per heavy atom. The zero-order valence-electron chi connectivity index (χ0n) is 14.8. The van der Waals surface area contributed by atoms with Gasteiger partial charge in [0.05, 0.1) is 11.4 Å². The lowest BCUT2D eigenvalue weighted by molar-refractivity contribution is 0.422. The third-order valence-electron chi connectivity index (χ3n) is 5.76. The topological polar surface area (TPSA) is 43.8 Å². The average molecular weight is 372 g/mol. The van der Waals surface area contributed by atoms with Crippen LogP contribution in [-0.4, -0.2) is 15.8 Å². The molecule has 2 unspecified atom stereocenters. The number of rotatable bonds is 3. The van der Waals surface area contributed by atoms with Crippen LogP contribution in [0.5, 0.6) is 0 Å². The van der Waals surface area contributed by atoms with Crippen LogP contribution in [0.25, 0.3) is 17.3 Å². The first-order valence-electron chi connectivity index (χ1n) is 9.12. The molecule has 0 radical (unpaired) electrons. The number of aryl methyl sites for hydroxylation is 1. The van der Waals surface area contributed by atoms with Gasteiger partial charge in [0.15, 0.2) is 0 Å². The number of hydrogen-bond donors (Lipinski definition) is 1. The number of halogens is 2. The predicted octanol–water partition coefficient (Wildman–Crippen LogP) is 4.88. The summed E-state index contributed by atoms with van der Waals surface area (Å²) in [5.41, 5.74) is 10.3. The van der Waals surface area contributed by atoms with Crippen molar-refractivity contribution in [3.63, 3.8) is 0 Å². The largest absolute Gasteiger partial charge is 0.327 e. The number of aromatic nitrogens is 2. The number of nitrogens with zero attached hydrogens (tertiary/aromatic N) is 2. The smallest absolute Gasteiger partial charge is 0.123 e. The maximum Gasteiger partial charge on any atom is 0.123 e. The van der Waals surface area contributed by atoms with E-state index in [9.17, 15) is 4.39 Å². The van der Waals surface area contributed by atoms with E-state index in [0.29, 0.717) is 11.8 Å². The summed E-state index contributed by atoms with van der Waals surface area (Å²) in [5, 5.41) is 5.49. The molecule has 1 aromatic heterocycles. The van der Waals surface area contributed by atoms with Gasteiger partial charge in [0, 0.05) is 18.1 Å². The normalized spacial score (nSPS) is 25.9. The fraction of sp³-hybridized carbons (Fsp3) is 0.381. The fourth-order valence-electron chi connectivity index (χ4n) is 4.23. The van der Waals surface area contributed by atoms with Gasteiger partial charge in [-0.05, 0) is 85.1 Å². The molecule has 3 atom stereocenters. The lowest BCUT2D eigenvalue weighted by Gasteiger charge is -2.16. The van der Waals surface area contributed by atoms with Crippen molar-refractivity contribution in [1.82, 2.24) is 9.78 Å². The van der Waals surface area contributed by atoms with Gasteiger partial charge < -0.3 is 5.73 Å². The van der Waals surface area contributed by atoms with Crippen molar-refractivity contribution in [3.8, 4) is 11.3 Å². The van der Waals surface area contributed by atoms with Crippen LogP contribution in [0.1, 0.15) is 31.4 Å². The Balaban J connectivity index is 1.57. The zero-order chi connectivity index (χ0) is 18.3. The minimum atomic E-state index is -0.238. The van der Waals surface area contributed by atoms with Crippen molar-refractivity contribution < 1.29 is 4.39 Å². The summed E-state index contributed by atoms with van der Waals surface area (Å²) in [6.45, 7) is 0. The second-order valence-corrected chi connectivity index (χ2v) is 7.89. The Bertz CT molecular complexity index is 866. The van der Waals surface area contributed by atoms with Gasteiger partial charge in [-0.25, -0.2) is 4.39 Å². The molecule has 1 heterocycles. The molecule has 1 fully saturated rings. The molecular weight excluding hydrogens is 349 g/mol. The van der Waals surface area contributed by atoms with Crippen molar-refractivity contribution in [2.24, 2.45) is 24.6 Å². The van der Waals surface area contributed by atoms with E-state index in [1.807, 2.05) is 23.9 Å². The Labute approximate surface area is 158 Å². The zero-order valence-corrected chi connectivity index (χ0v) is 15.6. The molecule has 2 bridgehead atoms. The standard InChI is InChI=1S/C21H23ClFN3/c1-26-20(13-4-7-17(23)8-5-13)12-18(25-26)9-6-14-10-15-2-3-16(21(15)24)11-19(14)22/h4-9,12,15-16,21H,2-3,10-11,24H2,1H3/b9-6+/t15?,16-,21?/m0/s1. The molecule has 1 saturated carbocycles. The highest BCUT2D eigenvalue weighted by molar-refractivity contribution is 6.30. The van der Waals surface area contributed by atoms with Crippen molar-refractivity contribution in [2.45, 2.75) is 31.7 Å². The SMILES string of the molecule is Cn1nc(/C=C/C2=C(Cl)C[C@@H]3CCC(C2)C3N)cc1-c1ccc(F)cc1. The summed E-state index contributed by atoms with van der Waals surface area (Å²) in [5.74, 6) is 0.825. The van der Waals surface area contributed by atoms with Crippen LogP contribution in [0.15, 0.2) is 47.0 Å². The molecule has 0 spiro atoms. The van der Waals surface area contributed by atoms with E-state index < -0.39 is 0 Å². The maximum absolute atomic E-state index is 13.1. The highest BCUT2D eigenvalue weighted by atomic mass is 35.5. The van der Waals surface area contributed by atoms with E-state index in [2.05, 4.69) is 11.2 Å². The van der Waals surface area contributed by atoms with Gasteiger partial charge in [0.2, 0.25) is 0 Å². The summed E-state index contributed by atoms with van der Waals surface area (Å²) < 4.78 is 14.9. The van der Waals surface area contributed by atoms with E-state index in [0.717, 1.165) is 34.8 Å². The Morgan fingerprint density at radius 1 is 1.15 bits per heavy atom. The van der Waals surface area contributed by atoms with Crippen LogP contribution in [0.4, 0.5) is 4.39 Å². The summed E-state index contributed by atoms with van der Waals surface area (Å²) in [7, 11) is 1.89. The molecule has 4 rings (SSSR count). The van der Waals surface area contributed by atoms with Gasteiger partial charge in [0.1, 0.15) is 5.82 Å². The summed E-state index contributed by atoms with van der Waals surface area (Å²) in [6.07, 6.45) is 8.33. The van der Waals surface area contributed by atoms with Gasteiger partial charge in [0.25, 0.3) is 0 Å². The molecule has 2 aliphatic carbocycles. The molecule has 2 aromatic rings. The fourth-order valence-corrected chi connectivity index (χ4v) is 4.57. The predicted molar refractivity (Wildman–Crippen MR) is 104 cm³/mol. The van der Waals surface area contributed by atoms with Crippen molar-refractivity contribution in [1.29, 1.82) is 0 Å². The molecule has 136 valence electrons. The van der Waals surface area contributed by atoms with E-state index in [1.54, 1.807) is 12.1 Å². The van der Waals surface area contributed by atoms with Gasteiger partial charge >= 0.3 is 0 Å². The number of nitrogens with two attached hydrogens (primary N) is 1. The van der Waals surface area contributed by atoms with Crippen LogP contribution >= 0.6 is 11.6 Å². The molecule has 3 nitrogen and oxygen atoms in total. The van der Waals surface area contributed by atoms with Crippen LogP contribution in [0.3, 0.4) is 0 Å². The minimum absolute atomic E-state index is 0.238. The third-order valence-corrected chi connectivity index (χ3v) is 6.16. The van der Waals surface area contributed by atoms with Crippen LogP contribution < -0.4 is 5.73 Å². The molecule has 1 aromatic carbocycles. The Kier molecular flexibility index (Phi) is 4.72. The molecule has 0 amide bonds. The quantitative estimate of drug-likeness (QED) is 0.835. The number of benzene rings is 1. The Morgan fingerprint density at radius 3 is 2.58 bits per heavy atom. The van der Waals surface area contributed by atoms with Crippen molar-refractivity contribution in [2.75, 3.05) is 0 Å². The van der Waals surface area contributed by atoms with Crippen molar-refractivity contribution in [3.05, 3.63) is 58.5 Å². The van der Waals surface area contributed by atoms with E-state index in [1.165, 1.54) is 30.5 Å². The summed E-state index contributed by atoms with van der Waals surface area (Å²) in [6, 6.07) is 8.74. The van der Waals surface area contributed by atoms with Crippen LogP contribution in [0, 0.1) is 17.7 Å². The molecule has 26 heavy (non-hydrogen) atoms. The van der Waals surface area contributed by atoms with E-state index in [4.69, 9.17) is 17.3 Å². The highest BCUT2D eigenvalue weighted by Gasteiger charge is 2.36. The molecule has 0 saturated heterocycles. The lowest BCUT2D eigenvalue weighted by atomic mass is 9.95. The second-order valence-electron chi connectivity index (χ2n) is 7.43. The van der Waals surface area contributed by atoms with Gasteiger partial charge in [-0.3, -0.25) is 4.68 Å². The number of fused-ring (bicyclic) bond motifs is 2. The molecular formula is C21H23ClFN3. The highest BCUT2D eigenvalue weighted by Crippen LogP contribution is 2.43. The first-order valence-corrected chi connectivity index (χ1v) is 9.50. The minimum Gasteiger partial charge on any atom is -0.327 e. The Hall–Kier alpha value is -1.91. The second kappa shape index (κ2) is 7.01. The van der Waals surface area contributed by atoms with Gasteiger partial charge in [-0.1, -0.05) is 17.7 Å². The number of hydrogen-bond acceptors (Lipinski definition) is 2. The average Bonchev–Trinajstić information content (AvgIpc) is 3.11. The third kappa shape index (κ3) is 3.36. The molecule has 5 heteroatoms. The van der Waals surface area contributed by atoms with Crippen LogP contribution in [0.2, 0.25) is 0 Å². The van der Waals surface area contributed by atoms with E-state index in [-0.39, 0.29) is 11.9 Å². The van der Waals surface area contributed by atoms with Gasteiger partial charge in [-0.2, -0.15) is 5.10 Å². The molecule has 2 aliphatic rings. The van der Waals surface area contributed by atoms with Crippen molar-refractivity contribution >= 4 is 17.7 Å². The summed E-state index contributed by atoms with van der Waals surface area (Å²) >= 11 is 6.57. The van der Waals surface area contributed by atoms with E-state index >= 15 is 0 Å². The van der Waals surface area contributed by atoms with Crippen LogP contribution in [-0.2, 0) is 7.05 Å². The molecule has 0 aliphatic heterocycles. The lowest BCUT2D eigenvalue weighted by Crippen LogP contribution is -2.30. The molecule has 2 N–H and O–H groups in total. The first kappa shape index (κ1) is 17.5. The first-order chi connectivity index (χ1) is 12.5. The number of allylic oxidation sites excluding steroid dienone is 3. The summed E-state index contributed by atoms with van der Waals surface area (Å²) in [4.78, 5) is 0. The monoisotopic (exact) mass is 371 g/mol. The maximum atomic E-state index is 13.1. The van der Waals surface area contributed by atoms with Gasteiger partial charge in [-0.15, -0.1) is 0 Å².